The van der Waals surface area contributed by atoms with E-state index in [2.05, 4.69) is 0 Å². The molecule has 72 valence electrons. The van der Waals surface area contributed by atoms with E-state index in [0.29, 0.717) is 6.29 Å². The Morgan fingerprint density at radius 2 is 1.50 bits per heavy atom. The van der Waals surface area contributed by atoms with Gasteiger partial charge in [-0.1, -0.05) is 0 Å². The Hall–Kier alpha value is -0.490. The molecule has 0 aliphatic heterocycles. The minimum absolute atomic E-state index is 0.491. The molecule has 0 heterocycles. The Bertz CT molecular complexity index is 128. The molecule has 0 N–H and O–H groups in total. The SMILES string of the molecule is COC(OC)C(C=O)(OC)OC. The lowest BCUT2D eigenvalue weighted by atomic mass is 10.3. The van der Waals surface area contributed by atoms with Gasteiger partial charge in [0, 0.05) is 28.4 Å². The summed E-state index contributed by atoms with van der Waals surface area (Å²) in [7, 11) is 5.46. The molecule has 5 nitrogen and oxygen atoms in total. The summed E-state index contributed by atoms with van der Waals surface area (Å²) in [5.41, 5.74) is 0. The molecule has 0 amide bonds. The monoisotopic (exact) mass is 178 g/mol. The minimum atomic E-state index is -1.48. The van der Waals surface area contributed by atoms with E-state index in [9.17, 15) is 4.79 Å². The fourth-order valence-corrected chi connectivity index (χ4v) is 0.852. The van der Waals surface area contributed by atoms with Crippen LogP contribution in [0.2, 0.25) is 0 Å². The van der Waals surface area contributed by atoms with E-state index in [-0.39, 0.29) is 0 Å². The second-order valence-electron chi connectivity index (χ2n) is 2.05. The van der Waals surface area contributed by atoms with Crippen molar-refractivity contribution in [2.24, 2.45) is 0 Å². The summed E-state index contributed by atoms with van der Waals surface area (Å²) >= 11 is 0. The van der Waals surface area contributed by atoms with Gasteiger partial charge >= 0.3 is 0 Å². The van der Waals surface area contributed by atoms with Crippen molar-refractivity contribution < 1.29 is 23.7 Å². The summed E-state index contributed by atoms with van der Waals surface area (Å²) in [4.78, 5) is 10.6. The Balaban J connectivity index is 4.53. The zero-order valence-electron chi connectivity index (χ0n) is 7.70. The second kappa shape index (κ2) is 5.21. The van der Waals surface area contributed by atoms with Gasteiger partial charge in [-0.2, -0.15) is 0 Å². The minimum Gasteiger partial charge on any atom is -0.351 e. The van der Waals surface area contributed by atoms with Gasteiger partial charge in [0.15, 0.2) is 6.29 Å². The van der Waals surface area contributed by atoms with Crippen molar-refractivity contribution in [1.29, 1.82) is 0 Å². The standard InChI is InChI=1S/C7H14O5/c1-9-6(10-2)7(5-8,11-3)12-4/h5-6H,1-4H3. The highest BCUT2D eigenvalue weighted by Gasteiger charge is 2.40. The van der Waals surface area contributed by atoms with Crippen LogP contribution < -0.4 is 0 Å². The van der Waals surface area contributed by atoms with Crippen LogP contribution in [-0.2, 0) is 23.7 Å². The molecule has 0 saturated carbocycles. The van der Waals surface area contributed by atoms with E-state index in [0.717, 1.165) is 0 Å². The summed E-state index contributed by atoms with van der Waals surface area (Å²) in [6.07, 6.45) is -0.380. The largest absolute Gasteiger partial charge is 0.351 e. The van der Waals surface area contributed by atoms with E-state index in [1.165, 1.54) is 28.4 Å². The summed E-state index contributed by atoms with van der Waals surface area (Å²) in [5.74, 6) is -1.48. The Morgan fingerprint density at radius 1 is 1.08 bits per heavy atom. The quantitative estimate of drug-likeness (QED) is 0.416. The Morgan fingerprint density at radius 3 is 1.58 bits per heavy atom. The zero-order chi connectivity index (χ0) is 9.61. The van der Waals surface area contributed by atoms with Crippen LogP contribution in [0.15, 0.2) is 0 Å². The van der Waals surface area contributed by atoms with Crippen molar-refractivity contribution in [3.8, 4) is 0 Å². The van der Waals surface area contributed by atoms with E-state index < -0.39 is 12.1 Å². The summed E-state index contributed by atoms with van der Waals surface area (Å²) in [6.45, 7) is 0. The summed E-state index contributed by atoms with van der Waals surface area (Å²) in [6, 6.07) is 0. The van der Waals surface area contributed by atoms with Crippen molar-refractivity contribution in [3.05, 3.63) is 0 Å². The maximum absolute atomic E-state index is 10.6. The molecule has 0 spiro atoms. The van der Waals surface area contributed by atoms with Gasteiger partial charge in [-0.15, -0.1) is 0 Å². The van der Waals surface area contributed by atoms with Gasteiger partial charge < -0.3 is 18.9 Å². The van der Waals surface area contributed by atoms with Crippen LogP contribution in [0.5, 0.6) is 0 Å². The van der Waals surface area contributed by atoms with E-state index in [1.807, 2.05) is 0 Å². The smallest absolute Gasteiger partial charge is 0.278 e. The molecule has 0 aliphatic rings. The molecule has 0 aromatic heterocycles. The van der Waals surface area contributed by atoms with E-state index in [1.54, 1.807) is 0 Å². The molecule has 12 heavy (non-hydrogen) atoms. The second-order valence-corrected chi connectivity index (χ2v) is 2.05. The van der Waals surface area contributed by atoms with Crippen molar-refractivity contribution >= 4 is 6.29 Å². The first-order valence-corrected chi connectivity index (χ1v) is 3.33. The maximum Gasteiger partial charge on any atom is 0.278 e. The van der Waals surface area contributed by atoms with E-state index in [4.69, 9.17) is 18.9 Å². The molecule has 0 aliphatic carbocycles. The number of hydrogen-bond donors (Lipinski definition) is 0. The molecule has 0 saturated heterocycles. The third-order valence-corrected chi connectivity index (χ3v) is 1.56. The van der Waals surface area contributed by atoms with Gasteiger partial charge in [0.05, 0.1) is 0 Å². The molecule has 5 heteroatoms. The number of methoxy groups -OCH3 is 4. The normalized spacial score (nSPS) is 12.1. The Labute approximate surface area is 71.5 Å². The number of hydrogen-bond acceptors (Lipinski definition) is 5. The molecule has 0 rings (SSSR count). The maximum atomic E-state index is 10.6. The van der Waals surface area contributed by atoms with Crippen molar-refractivity contribution in [1.82, 2.24) is 0 Å². The first-order chi connectivity index (χ1) is 5.70. The van der Waals surface area contributed by atoms with E-state index >= 15 is 0 Å². The number of aldehydes is 1. The highest BCUT2D eigenvalue weighted by Crippen LogP contribution is 2.16. The van der Waals surface area contributed by atoms with Gasteiger partial charge in [0.2, 0.25) is 6.29 Å². The first kappa shape index (κ1) is 11.5. The lowest BCUT2D eigenvalue weighted by molar-refractivity contribution is -0.301. The predicted octanol–water partition coefficient (Wildman–Crippen LogP) is -0.207. The molecule has 0 aromatic carbocycles. The average molecular weight is 178 g/mol. The average Bonchev–Trinajstić information content (AvgIpc) is 2.14. The molecule has 0 bridgehead atoms. The fourth-order valence-electron chi connectivity index (χ4n) is 0.852. The van der Waals surface area contributed by atoms with Crippen molar-refractivity contribution in [2.45, 2.75) is 12.1 Å². The third-order valence-electron chi connectivity index (χ3n) is 1.56. The zero-order valence-corrected chi connectivity index (χ0v) is 7.70. The summed E-state index contributed by atoms with van der Waals surface area (Å²) < 4.78 is 19.3. The van der Waals surface area contributed by atoms with Crippen LogP contribution >= 0.6 is 0 Å². The van der Waals surface area contributed by atoms with Gasteiger partial charge in [-0.3, -0.25) is 4.79 Å². The van der Waals surface area contributed by atoms with Crippen LogP contribution in [-0.4, -0.2) is 46.8 Å². The third kappa shape index (κ3) is 2.01. The Kier molecular flexibility index (Phi) is 5.00. The highest BCUT2D eigenvalue weighted by molar-refractivity contribution is 5.60. The molecule has 0 radical (unpaired) electrons. The number of rotatable bonds is 6. The molecule has 0 aromatic rings. The lowest BCUT2D eigenvalue weighted by Gasteiger charge is -2.30. The van der Waals surface area contributed by atoms with Gasteiger partial charge in [-0.05, 0) is 0 Å². The molecular weight excluding hydrogens is 164 g/mol. The van der Waals surface area contributed by atoms with Crippen molar-refractivity contribution in [2.75, 3.05) is 28.4 Å². The number of carbonyl (C=O) groups excluding carboxylic acids is 1. The number of carbonyl (C=O) groups is 1. The molecule has 0 fully saturated rings. The van der Waals surface area contributed by atoms with Crippen LogP contribution in [0.25, 0.3) is 0 Å². The van der Waals surface area contributed by atoms with Gasteiger partial charge in [0.25, 0.3) is 5.79 Å². The predicted molar refractivity (Wildman–Crippen MR) is 40.6 cm³/mol. The van der Waals surface area contributed by atoms with Crippen molar-refractivity contribution in [3.63, 3.8) is 0 Å². The molecule has 0 unspecified atom stereocenters. The lowest BCUT2D eigenvalue weighted by Crippen LogP contribution is -2.49. The summed E-state index contributed by atoms with van der Waals surface area (Å²) in [5, 5.41) is 0. The molecular formula is C7H14O5. The van der Waals surface area contributed by atoms with Gasteiger partial charge in [0.1, 0.15) is 0 Å². The first-order valence-electron chi connectivity index (χ1n) is 3.33. The van der Waals surface area contributed by atoms with Crippen LogP contribution in [0.4, 0.5) is 0 Å². The highest BCUT2D eigenvalue weighted by atomic mass is 16.8. The van der Waals surface area contributed by atoms with Crippen LogP contribution in [0.3, 0.4) is 0 Å². The van der Waals surface area contributed by atoms with Crippen LogP contribution in [0.1, 0.15) is 0 Å². The number of ether oxygens (including phenoxy) is 4. The van der Waals surface area contributed by atoms with Crippen LogP contribution in [0, 0.1) is 0 Å². The topological polar surface area (TPSA) is 54.0 Å². The fraction of sp³-hybridized carbons (Fsp3) is 0.857. The molecule has 0 atom stereocenters. The van der Waals surface area contributed by atoms with Gasteiger partial charge in [-0.25, -0.2) is 0 Å².